The van der Waals surface area contributed by atoms with Crippen LogP contribution in [0.4, 0.5) is 5.00 Å². The highest BCUT2D eigenvalue weighted by molar-refractivity contribution is 7.10. The second-order valence-electron chi connectivity index (χ2n) is 4.63. The lowest BCUT2D eigenvalue weighted by Gasteiger charge is -2.25. The molecule has 0 fully saturated rings. The first kappa shape index (κ1) is 12.5. The van der Waals surface area contributed by atoms with E-state index >= 15 is 0 Å². The predicted octanol–water partition coefficient (Wildman–Crippen LogP) is 3.79. The molecule has 2 aromatic rings. The van der Waals surface area contributed by atoms with Crippen molar-refractivity contribution in [3.8, 4) is 6.07 Å². The monoisotopic (exact) mass is 289 g/mol. The lowest BCUT2D eigenvalue weighted by molar-refractivity contribution is 0.666. The highest BCUT2D eigenvalue weighted by atomic mass is 35.5. The van der Waals surface area contributed by atoms with Crippen LogP contribution in [0.3, 0.4) is 0 Å². The van der Waals surface area contributed by atoms with Gasteiger partial charge in [0.15, 0.2) is 5.15 Å². The van der Waals surface area contributed by atoms with E-state index in [1.165, 1.54) is 22.7 Å². The van der Waals surface area contributed by atoms with E-state index in [1.807, 2.05) is 7.05 Å². The van der Waals surface area contributed by atoms with E-state index < -0.39 is 0 Å². The normalized spacial score (nSPS) is 17.0. The van der Waals surface area contributed by atoms with Crippen LogP contribution < -0.4 is 4.90 Å². The molecule has 0 amide bonds. The van der Waals surface area contributed by atoms with Crippen LogP contribution in [0, 0.1) is 11.3 Å². The molecule has 5 heteroatoms. The van der Waals surface area contributed by atoms with E-state index in [0.29, 0.717) is 16.8 Å². The molecule has 1 aromatic heterocycles. The van der Waals surface area contributed by atoms with E-state index in [1.54, 1.807) is 0 Å². The van der Waals surface area contributed by atoms with Crippen LogP contribution >= 0.6 is 23.1 Å². The van der Waals surface area contributed by atoms with Gasteiger partial charge < -0.3 is 4.90 Å². The van der Waals surface area contributed by atoms with Crippen molar-refractivity contribution >= 4 is 28.1 Å². The second-order valence-corrected chi connectivity index (χ2v) is 5.74. The van der Waals surface area contributed by atoms with Gasteiger partial charge in [-0.15, -0.1) is 0 Å². The summed E-state index contributed by atoms with van der Waals surface area (Å²) in [7, 11) is 2.01. The van der Waals surface area contributed by atoms with Gasteiger partial charge in [0.1, 0.15) is 16.6 Å². The van der Waals surface area contributed by atoms with Crippen molar-refractivity contribution in [3.05, 3.63) is 46.1 Å². The predicted molar refractivity (Wildman–Crippen MR) is 77.7 cm³/mol. The maximum Gasteiger partial charge on any atom is 0.162 e. The summed E-state index contributed by atoms with van der Waals surface area (Å²) in [6, 6.07) is 10.9. The molecule has 1 aromatic carbocycles. The average molecular weight is 290 g/mol. The first-order valence-corrected chi connectivity index (χ1v) is 7.23. The summed E-state index contributed by atoms with van der Waals surface area (Å²) in [6.45, 7) is 0. The van der Waals surface area contributed by atoms with E-state index in [2.05, 4.69) is 39.6 Å². The summed E-state index contributed by atoms with van der Waals surface area (Å²) in [5.74, 6) is 0. The third-order valence-corrected chi connectivity index (χ3v) is 4.95. The highest BCUT2D eigenvalue weighted by Crippen LogP contribution is 2.41. The third kappa shape index (κ3) is 1.99. The minimum atomic E-state index is 0.305. The zero-order valence-corrected chi connectivity index (χ0v) is 12.0. The zero-order chi connectivity index (χ0) is 13.4. The summed E-state index contributed by atoms with van der Waals surface area (Å²) < 4.78 is 4.08. The number of aryl methyl sites for hydroxylation is 1. The maximum atomic E-state index is 9.18. The Hall–Kier alpha value is -1.57. The summed E-state index contributed by atoms with van der Waals surface area (Å²) in [4.78, 5) is 2.13. The molecule has 0 aliphatic heterocycles. The van der Waals surface area contributed by atoms with Crippen LogP contribution in [0.15, 0.2) is 24.3 Å². The Kier molecular flexibility index (Phi) is 3.17. The molecule has 0 N–H and O–H groups in total. The molecular formula is C14H12ClN3S. The highest BCUT2D eigenvalue weighted by Gasteiger charge is 2.28. The first-order valence-electron chi connectivity index (χ1n) is 6.08. The van der Waals surface area contributed by atoms with Gasteiger partial charge in [-0.05, 0) is 35.5 Å². The Morgan fingerprint density at radius 3 is 3.05 bits per heavy atom. The Morgan fingerprint density at radius 1 is 1.47 bits per heavy atom. The number of benzene rings is 1. The summed E-state index contributed by atoms with van der Waals surface area (Å²) in [6.07, 6.45) is 2.15. The van der Waals surface area contributed by atoms with Gasteiger partial charge in [0.2, 0.25) is 0 Å². The quantitative estimate of drug-likeness (QED) is 0.844. The Labute approximate surface area is 121 Å². The number of nitrogens with zero attached hydrogens (tertiary/aromatic N) is 3. The first-order chi connectivity index (χ1) is 9.22. The molecule has 1 aliphatic rings. The van der Waals surface area contributed by atoms with Crippen LogP contribution in [0.5, 0.6) is 0 Å². The zero-order valence-electron chi connectivity index (χ0n) is 10.4. The molecular weight excluding hydrogens is 278 g/mol. The van der Waals surface area contributed by atoms with Crippen molar-refractivity contribution in [2.75, 3.05) is 11.9 Å². The molecule has 3 rings (SSSR count). The minimum absolute atomic E-state index is 0.305. The van der Waals surface area contributed by atoms with Gasteiger partial charge in [-0.3, -0.25) is 0 Å². The van der Waals surface area contributed by atoms with Crippen LogP contribution in [0.25, 0.3) is 0 Å². The molecule has 1 unspecified atom stereocenters. The van der Waals surface area contributed by atoms with Gasteiger partial charge in [0.05, 0.1) is 6.04 Å². The number of rotatable bonds is 2. The minimum Gasteiger partial charge on any atom is -0.357 e. The standard InChI is InChI=1S/C14H12ClN3S/c1-18(14-11(8-16)13(15)17-19-14)12-7-6-9-4-2-3-5-10(9)12/h2-5,12H,6-7H2,1H3. The van der Waals surface area contributed by atoms with E-state index in [0.717, 1.165) is 17.8 Å². The fraction of sp³-hybridized carbons (Fsp3) is 0.286. The van der Waals surface area contributed by atoms with Crippen molar-refractivity contribution in [1.82, 2.24) is 4.37 Å². The summed E-state index contributed by atoms with van der Waals surface area (Å²) in [5, 5.41) is 10.3. The van der Waals surface area contributed by atoms with Crippen LogP contribution in [-0.2, 0) is 6.42 Å². The van der Waals surface area contributed by atoms with Gasteiger partial charge in [-0.25, -0.2) is 0 Å². The van der Waals surface area contributed by atoms with Crippen molar-refractivity contribution in [1.29, 1.82) is 5.26 Å². The van der Waals surface area contributed by atoms with Crippen molar-refractivity contribution in [2.24, 2.45) is 0 Å². The van der Waals surface area contributed by atoms with Crippen molar-refractivity contribution < 1.29 is 0 Å². The van der Waals surface area contributed by atoms with E-state index in [-0.39, 0.29) is 0 Å². The molecule has 3 nitrogen and oxygen atoms in total. The Bertz CT molecular complexity index is 659. The average Bonchev–Trinajstić information content (AvgIpc) is 3.01. The van der Waals surface area contributed by atoms with Crippen molar-refractivity contribution in [3.63, 3.8) is 0 Å². The topological polar surface area (TPSA) is 39.9 Å². The number of hydrogen-bond donors (Lipinski definition) is 0. The summed E-state index contributed by atoms with van der Waals surface area (Å²) >= 11 is 7.24. The van der Waals surface area contributed by atoms with Gasteiger partial charge in [-0.1, -0.05) is 35.9 Å². The molecule has 0 radical (unpaired) electrons. The molecule has 1 aliphatic carbocycles. The van der Waals surface area contributed by atoms with Gasteiger partial charge in [-0.2, -0.15) is 9.64 Å². The summed E-state index contributed by atoms with van der Waals surface area (Å²) in [5.41, 5.74) is 3.23. The van der Waals surface area contributed by atoms with Gasteiger partial charge in [0.25, 0.3) is 0 Å². The smallest absolute Gasteiger partial charge is 0.162 e. The number of aromatic nitrogens is 1. The maximum absolute atomic E-state index is 9.18. The number of nitriles is 1. The number of hydrogen-bond acceptors (Lipinski definition) is 4. The Balaban J connectivity index is 1.98. The van der Waals surface area contributed by atoms with Gasteiger partial charge in [0, 0.05) is 7.05 Å². The van der Waals surface area contributed by atoms with Gasteiger partial charge >= 0.3 is 0 Å². The van der Waals surface area contributed by atoms with Crippen LogP contribution in [0.2, 0.25) is 5.15 Å². The molecule has 1 heterocycles. The van der Waals surface area contributed by atoms with Crippen LogP contribution in [-0.4, -0.2) is 11.4 Å². The lowest BCUT2D eigenvalue weighted by Crippen LogP contribution is -2.21. The largest absolute Gasteiger partial charge is 0.357 e. The van der Waals surface area contributed by atoms with Crippen LogP contribution in [0.1, 0.15) is 29.2 Å². The molecule has 19 heavy (non-hydrogen) atoms. The van der Waals surface area contributed by atoms with Crippen molar-refractivity contribution in [2.45, 2.75) is 18.9 Å². The molecule has 0 saturated carbocycles. The second kappa shape index (κ2) is 4.84. The number of fused-ring (bicyclic) bond motifs is 1. The lowest BCUT2D eigenvalue weighted by atomic mass is 10.1. The molecule has 96 valence electrons. The molecule has 1 atom stereocenters. The third-order valence-electron chi connectivity index (χ3n) is 3.63. The fourth-order valence-electron chi connectivity index (χ4n) is 2.68. The molecule has 0 spiro atoms. The van der Waals surface area contributed by atoms with E-state index in [9.17, 15) is 5.26 Å². The molecule has 0 bridgehead atoms. The molecule has 0 saturated heterocycles. The Morgan fingerprint density at radius 2 is 2.26 bits per heavy atom. The fourth-order valence-corrected chi connectivity index (χ4v) is 3.71. The SMILES string of the molecule is CN(c1snc(Cl)c1C#N)C1CCc2ccccc21. The number of halogens is 1. The number of anilines is 1. The van der Waals surface area contributed by atoms with E-state index in [4.69, 9.17) is 11.6 Å².